The molecule has 0 atom stereocenters. The van der Waals surface area contributed by atoms with Crippen molar-refractivity contribution in [3.05, 3.63) is 64.3 Å². The minimum atomic E-state index is -0.207. The summed E-state index contributed by atoms with van der Waals surface area (Å²) in [6, 6.07) is 10.3. The monoisotopic (exact) mass is 228 g/mol. The molecule has 4 nitrogen and oxygen atoms in total. The zero-order chi connectivity index (χ0) is 12.3. The summed E-state index contributed by atoms with van der Waals surface area (Å²) in [6.07, 6.45) is 1.40. The van der Waals surface area contributed by atoms with E-state index < -0.39 is 0 Å². The number of carbonyl (C=O) groups excluding carboxylic acids is 1. The average molecular weight is 228 g/mol. The summed E-state index contributed by atoms with van der Waals surface area (Å²) in [5, 5.41) is 0. The Hall–Kier alpha value is -2.23. The molecule has 17 heavy (non-hydrogen) atoms. The largest absolute Gasteiger partial charge is 0.292 e. The molecule has 1 aromatic heterocycles. The van der Waals surface area contributed by atoms with E-state index in [1.54, 1.807) is 31.2 Å². The minimum absolute atomic E-state index is 0.0239. The fourth-order valence-corrected chi connectivity index (χ4v) is 1.51. The highest BCUT2D eigenvalue weighted by Crippen LogP contribution is 2.01. The van der Waals surface area contributed by atoms with E-state index in [1.807, 2.05) is 6.07 Å². The Morgan fingerprint density at radius 1 is 1.29 bits per heavy atom. The van der Waals surface area contributed by atoms with Crippen LogP contribution in [0, 0.1) is 6.92 Å². The first-order chi connectivity index (χ1) is 8.16. The number of hydrogen-bond donors (Lipinski definition) is 0. The van der Waals surface area contributed by atoms with Crippen LogP contribution in [0.1, 0.15) is 16.1 Å². The Kier molecular flexibility index (Phi) is 3.14. The fourth-order valence-electron chi connectivity index (χ4n) is 1.51. The van der Waals surface area contributed by atoms with Gasteiger partial charge in [0.05, 0.1) is 12.9 Å². The van der Waals surface area contributed by atoms with Crippen LogP contribution in [0.25, 0.3) is 0 Å². The lowest BCUT2D eigenvalue weighted by Gasteiger charge is -2.04. The molecule has 2 rings (SSSR count). The molecule has 0 aliphatic heterocycles. The number of benzene rings is 1. The number of Topliss-reactive ketones (excluding diaryl/α,β-unsaturated/α-hetero) is 1. The first-order valence-corrected chi connectivity index (χ1v) is 5.28. The van der Waals surface area contributed by atoms with Crippen molar-refractivity contribution < 1.29 is 4.79 Å². The molecule has 0 amide bonds. The van der Waals surface area contributed by atoms with E-state index in [-0.39, 0.29) is 17.9 Å². The molecule has 0 spiro atoms. The van der Waals surface area contributed by atoms with Crippen LogP contribution in [0.5, 0.6) is 0 Å². The van der Waals surface area contributed by atoms with E-state index >= 15 is 0 Å². The number of aromatic nitrogens is 2. The van der Waals surface area contributed by atoms with E-state index in [0.717, 1.165) is 0 Å². The molecule has 0 aliphatic rings. The second kappa shape index (κ2) is 4.74. The highest BCUT2D eigenvalue weighted by Gasteiger charge is 2.07. The lowest BCUT2D eigenvalue weighted by Crippen LogP contribution is -2.24. The third-order valence-electron chi connectivity index (χ3n) is 2.43. The van der Waals surface area contributed by atoms with E-state index in [9.17, 15) is 9.59 Å². The lowest BCUT2D eigenvalue weighted by molar-refractivity contribution is 0.0970. The van der Waals surface area contributed by atoms with Gasteiger partial charge in [0.1, 0.15) is 0 Å². The zero-order valence-electron chi connectivity index (χ0n) is 9.46. The minimum Gasteiger partial charge on any atom is -0.292 e. The van der Waals surface area contributed by atoms with Crippen molar-refractivity contribution in [2.45, 2.75) is 13.5 Å². The van der Waals surface area contributed by atoms with Crippen molar-refractivity contribution in [1.82, 2.24) is 9.55 Å². The summed E-state index contributed by atoms with van der Waals surface area (Å²) in [6.45, 7) is 1.76. The first kappa shape index (κ1) is 11.3. The molecule has 0 saturated carbocycles. The normalized spacial score (nSPS) is 10.2. The van der Waals surface area contributed by atoms with E-state index in [0.29, 0.717) is 11.3 Å². The third-order valence-corrected chi connectivity index (χ3v) is 2.43. The van der Waals surface area contributed by atoms with Gasteiger partial charge in [-0.3, -0.25) is 14.2 Å². The maximum absolute atomic E-state index is 11.9. The number of ketones is 1. The van der Waals surface area contributed by atoms with Crippen LogP contribution >= 0.6 is 0 Å². The number of carbonyl (C=O) groups is 1. The van der Waals surface area contributed by atoms with Gasteiger partial charge in [0.15, 0.2) is 5.78 Å². The van der Waals surface area contributed by atoms with Crippen LogP contribution in [0.15, 0.2) is 47.5 Å². The highest BCUT2D eigenvalue weighted by molar-refractivity contribution is 5.95. The van der Waals surface area contributed by atoms with Gasteiger partial charge in [0.2, 0.25) is 0 Å². The van der Waals surface area contributed by atoms with Crippen LogP contribution in [-0.4, -0.2) is 15.3 Å². The SMILES string of the molecule is Cc1cc(=O)n(CC(=O)c2ccccc2)cn1. The molecule has 0 aliphatic carbocycles. The van der Waals surface area contributed by atoms with Crippen LogP contribution < -0.4 is 5.56 Å². The molecule has 0 N–H and O–H groups in total. The van der Waals surface area contributed by atoms with Crippen molar-refractivity contribution >= 4 is 5.78 Å². The van der Waals surface area contributed by atoms with Gasteiger partial charge in [-0.1, -0.05) is 30.3 Å². The Bertz CT molecular complexity index is 588. The topological polar surface area (TPSA) is 52.0 Å². The lowest BCUT2D eigenvalue weighted by atomic mass is 10.1. The third kappa shape index (κ3) is 2.66. The summed E-state index contributed by atoms with van der Waals surface area (Å²) in [5.74, 6) is -0.0987. The standard InChI is InChI=1S/C13H12N2O2/c1-10-7-13(17)15(9-14-10)8-12(16)11-5-3-2-4-6-11/h2-7,9H,8H2,1H3. The smallest absolute Gasteiger partial charge is 0.253 e. The van der Waals surface area contributed by atoms with E-state index in [4.69, 9.17) is 0 Å². The van der Waals surface area contributed by atoms with Crippen molar-refractivity contribution in [3.8, 4) is 0 Å². The maximum Gasteiger partial charge on any atom is 0.253 e. The second-order valence-corrected chi connectivity index (χ2v) is 3.79. The molecule has 0 fully saturated rings. The summed E-state index contributed by atoms with van der Waals surface area (Å²) >= 11 is 0. The van der Waals surface area contributed by atoms with E-state index in [1.165, 1.54) is 17.0 Å². The molecule has 2 aromatic rings. The van der Waals surface area contributed by atoms with Gasteiger partial charge in [-0.2, -0.15) is 0 Å². The molecule has 0 bridgehead atoms. The molecule has 1 heterocycles. The van der Waals surface area contributed by atoms with Gasteiger partial charge in [-0.05, 0) is 6.92 Å². The van der Waals surface area contributed by atoms with Gasteiger partial charge < -0.3 is 0 Å². The molecular weight excluding hydrogens is 216 g/mol. The van der Waals surface area contributed by atoms with E-state index in [2.05, 4.69) is 4.98 Å². The van der Waals surface area contributed by atoms with Gasteiger partial charge in [-0.15, -0.1) is 0 Å². The predicted molar refractivity (Wildman–Crippen MR) is 64.0 cm³/mol. The number of nitrogens with zero attached hydrogens (tertiary/aromatic N) is 2. The quantitative estimate of drug-likeness (QED) is 0.747. The first-order valence-electron chi connectivity index (χ1n) is 5.28. The highest BCUT2D eigenvalue weighted by atomic mass is 16.1. The second-order valence-electron chi connectivity index (χ2n) is 3.79. The summed E-state index contributed by atoms with van der Waals surface area (Å²) in [7, 11) is 0. The molecular formula is C13H12N2O2. The molecule has 0 saturated heterocycles. The summed E-state index contributed by atoms with van der Waals surface area (Å²) in [5.41, 5.74) is 1.04. The van der Waals surface area contributed by atoms with Crippen LogP contribution in [0.4, 0.5) is 0 Å². The Balaban J connectivity index is 2.22. The number of rotatable bonds is 3. The van der Waals surface area contributed by atoms with Gasteiger partial charge in [0.25, 0.3) is 5.56 Å². The van der Waals surface area contributed by atoms with Crippen molar-refractivity contribution in [1.29, 1.82) is 0 Å². The fraction of sp³-hybridized carbons (Fsp3) is 0.154. The average Bonchev–Trinajstić information content (AvgIpc) is 2.34. The number of hydrogen-bond acceptors (Lipinski definition) is 3. The molecule has 0 unspecified atom stereocenters. The van der Waals surface area contributed by atoms with Gasteiger partial charge >= 0.3 is 0 Å². The molecule has 1 aromatic carbocycles. The molecule has 4 heteroatoms. The zero-order valence-corrected chi connectivity index (χ0v) is 9.46. The van der Waals surface area contributed by atoms with Crippen molar-refractivity contribution in [3.63, 3.8) is 0 Å². The van der Waals surface area contributed by atoms with Gasteiger partial charge in [0, 0.05) is 17.3 Å². The Morgan fingerprint density at radius 3 is 2.65 bits per heavy atom. The molecule has 0 radical (unpaired) electrons. The maximum atomic E-state index is 11.9. The predicted octanol–water partition coefficient (Wildman–Crippen LogP) is 1.43. The number of aryl methyl sites for hydroxylation is 1. The Labute approximate surface area is 98.6 Å². The van der Waals surface area contributed by atoms with Crippen molar-refractivity contribution in [2.24, 2.45) is 0 Å². The Morgan fingerprint density at radius 2 is 2.00 bits per heavy atom. The van der Waals surface area contributed by atoms with Crippen LogP contribution in [0.3, 0.4) is 0 Å². The van der Waals surface area contributed by atoms with Crippen LogP contribution in [-0.2, 0) is 6.54 Å². The van der Waals surface area contributed by atoms with Crippen LogP contribution in [0.2, 0.25) is 0 Å². The summed E-state index contributed by atoms with van der Waals surface area (Å²) in [4.78, 5) is 27.4. The van der Waals surface area contributed by atoms with Gasteiger partial charge in [-0.25, -0.2) is 4.98 Å². The van der Waals surface area contributed by atoms with Crippen molar-refractivity contribution in [2.75, 3.05) is 0 Å². The summed E-state index contributed by atoms with van der Waals surface area (Å²) < 4.78 is 1.31. The molecule has 86 valence electrons.